The monoisotopic (exact) mass is 326 g/mol. The fraction of sp³-hybridized carbons (Fsp3) is 0.625. The van der Waals surface area contributed by atoms with Crippen molar-refractivity contribution < 1.29 is 9.84 Å². The number of halogens is 1. The molecule has 1 aliphatic carbocycles. The largest absolute Gasteiger partial charge is 0.496 e. The van der Waals surface area contributed by atoms with Crippen LogP contribution in [0.1, 0.15) is 56.6 Å². The highest BCUT2D eigenvalue weighted by Gasteiger charge is 2.22. The molecule has 0 spiro atoms. The van der Waals surface area contributed by atoms with E-state index in [0.717, 1.165) is 28.6 Å². The average molecular weight is 327 g/mol. The van der Waals surface area contributed by atoms with E-state index in [1.165, 1.54) is 32.1 Å². The molecule has 2 nitrogen and oxygen atoms in total. The van der Waals surface area contributed by atoms with Gasteiger partial charge in [0.1, 0.15) is 5.75 Å². The predicted octanol–water partition coefficient (Wildman–Crippen LogP) is 4.85. The van der Waals surface area contributed by atoms with Crippen LogP contribution in [0.25, 0.3) is 0 Å². The van der Waals surface area contributed by atoms with Crippen LogP contribution in [0.15, 0.2) is 22.7 Å². The van der Waals surface area contributed by atoms with Crippen molar-refractivity contribution in [1.29, 1.82) is 0 Å². The van der Waals surface area contributed by atoms with Gasteiger partial charge in [-0.2, -0.15) is 0 Å². The molecule has 106 valence electrons. The van der Waals surface area contributed by atoms with Gasteiger partial charge in [0.05, 0.1) is 17.7 Å². The molecule has 1 atom stereocenters. The van der Waals surface area contributed by atoms with Gasteiger partial charge in [-0.3, -0.25) is 0 Å². The van der Waals surface area contributed by atoms with Crippen LogP contribution in [0.2, 0.25) is 0 Å². The van der Waals surface area contributed by atoms with Gasteiger partial charge in [-0.15, -0.1) is 0 Å². The molecule has 1 unspecified atom stereocenters. The van der Waals surface area contributed by atoms with Crippen LogP contribution in [0, 0.1) is 5.92 Å². The highest BCUT2D eigenvalue weighted by molar-refractivity contribution is 9.10. The van der Waals surface area contributed by atoms with Gasteiger partial charge in [0.15, 0.2) is 0 Å². The molecule has 1 aromatic carbocycles. The molecular weight excluding hydrogens is 304 g/mol. The van der Waals surface area contributed by atoms with Crippen LogP contribution in [0.3, 0.4) is 0 Å². The van der Waals surface area contributed by atoms with Gasteiger partial charge >= 0.3 is 0 Å². The Bertz CT molecular complexity index is 398. The third-order valence-corrected chi connectivity index (χ3v) is 4.73. The van der Waals surface area contributed by atoms with Crippen molar-refractivity contribution in [3.05, 3.63) is 28.2 Å². The molecule has 1 aliphatic rings. The second-order valence-electron chi connectivity index (χ2n) is 5.44. The lowest BCUT2D eigenvalue weighted by molar-refractivity contribution is 0.0912. The molecule has 0 heterocycles. The molecule has 2 rings (SSSR count). The highest BCUT2D eigenvalue weighted by Crippen LogP contribution is 2.35. The molecule has 0 aromatic heterocycles. The van der Waals surface area contributed by atoms with Crippen molar-refractivity contribution in [2.24, 2.45) is 5.92 Å². The Hall–Kier alpha value is -0.540. The molecule has 19 heavy (non-hydrogen) atoms. The van der Waals surface area contributed by atoms with Gasteiger partial charge in [-0.1, -0.05) is 38.2 Å². The Morgan fingerprint density at radius 2 is 1.79 bits per heavy atom. The maximum Gasteiger partial charge on any atom is 0.133 e. The number of ether oxygens (including phenoxy) is 1. The van der Waals surface area contributed by atoms with Crippen molar-refractivity contribution >= 4 is 15.9 Å². The summed E-state index contributed by atoms with van der Waals surface area (Å²) < 4.78 is 6.15. The van der Waals surface area contributed by atoms with E-state index in [-0.39, 0.29) is 6.10 Å². The Labute approximate surface area is 124 Å². The third-order valence-electron chi connectivity index (χ3n) is 4.11. The van der Waals surface area contributed by atoms with Crippen molar-refractivity contribution in [2.45, 2.75) is 51.0 Å². The van der Waals surface area contributed by atoms with Gasteiger partial charge in [0.2, 0.25) is 0 Å². The number of hydrogen-bond acceptors (Lipinski definition) is 2. The number of hydrogen-bond donors (Lipinski definition) is 1. The quantitative estimate of drug-likeness (QED) is 0.860. The lowest BCUT2D eigenvalue weighted by atomic mass is 9.84. The van der Waals surface area contributed by atoms with Crippen LogP contribution < -0.4 is 4.74 Å². The number of aliphatic hydroxyl groups excluding tert-OH is 1. The molecule has 0 saturated heterocycles. The van der Waals surface area contributed by atoms with Crippen molar-refractivity contribution in [2.75, 3.05) is 7.11 Å². The molecule has 0 aliphatic heterocycles. The van der Waals surface area contributed by atoms with Gasteiger partial charge in [-0.25, -0.2) is 0 Å². The SMILES string of the molecule is COc1ccc(C(O)C2CCCCCCC2)cc1Br. The van der Waals surface area contributed by atoms with Gasteiger partial charge in [0.25, 0.3) is 0 Å². The van der Waals surface area contributed by atoms with Gasteiger partial charge < -0.3 is 9.84 Å². The van der Waals surface area contributed by atoms with Crippen LogP contribution in [0.4, 0.5) is 0 Å². The second-order valence-corrected chi connectivity index (χ2v) is 6.30. The Kier molecular flexibility index (Phi) is 5.71. The fourth-order valence-corrected chi connectivity index (χ4v) is 3.50. The average Bonchev–Trinajstić information content (AvgIpc) is 2.37. The summed E-state index contributed by atoms with van der Waals surface area (Å²) in [7, 11) is 1.66. The van der Waals surface area contributed by atoms with E-state index in [4.69, 9.17) is 4.74 Å². The lowest BCUT2D eigenvalue weighted by Crippen LogP contribution is -2.14. The molecular formula is C16H23BrO2. The molecule has 1 N–H and O–H groups in total. The molecule has 1 aromatic rings. The van der Waals surface area contributed by atoms with Gasteiger partial charge in [-0.05, 0) is 52.4 Å². The zero-order valence-electron chi connectivity index (χ0n) is 11.6. The van der Waals surface area contributed by atoms with E-state index in [2.05, 4.69) is 15.9 Å². The van der Waals surface area contributed by atoms with E-state index in [9.17, 15) is 5.11 Å². The van der Waals surface area contributed by atoms with Crippen LogP contribution >= 0.6 is 15.9 Å². The minimum atomic E-state index is -0.347. The van der Waals surface area contributed by atoms with E-state index < -0.39 is 0 Å². The van der Waals surface area contributed by atoms with E-state index >= 15 is 0 Å². The first-order valence-corrected chi connectivity index (χ1v) is 8.03. The molecule has 3 heteroatoms. The predicted molar refractivity (Wildman–Crippen MR) is 81.5 cm³/mol. The minimum absolute atomic E-state index is 0.347. The second kappa shape index (κ2) is 7.30. The standard InChI is InChI=1S/C16H23BrO2/c1-19-15-10-9-13(11-14(15)17)16(18)12-7-5-3-2-4-6-8-12/h9-12,16,18H,2-8H2,1H3. The summed E-state index contributed by atoms with van der Waals surface area (Å²) in [6, 6.07) is 5.89. The molecule has 0 radical (unpaired) electrons. The summed E-state index contributed by atoms with van der Waals surface area (Å²) in [4.78, 5) is 0. The van der Waals surface area contributed by atoms with Crippen LogP contribution in [-0.4, -0.2) is 12.2 Å². The molecule has 0 bridgehead atoms. The summed E-state index contributed by atoms with van der Waals surface area (Å²) >= 11 is 3.49. The molecule has 1 saturated carbocycles. The van der Waals surface area contributed by atoms with Crippen molar-refractivity contribution in [3.8, 4) is 5.75 Å². The summed E-state index contributed by atoms with van der Waals surface area (Å²) in [6.45, 7) is 0. The van der Waals surface area contributed by atoms with Gasteiger partial charge in [0, 0.05) is 0 Å². The first-order chi connectivity index (χ1) is 9.22. The minimum Gasteiger partial charge on any atom is -0.496 e. The number of benzene rings is 1. The van der Waals surface area contributed by atoms with E-state index in [1.807, 2.05) is 18.2 Å². The Balaban J connectivity index is 2.08. The Morgan fingerprint density at radius 3 is 2.37 bits per heavy atom. The van der Waals surface area contributed by atoms with E-state index in [0.29, 0.717) is 5.92 Å². The number of methoxy groups -OCH3 is 1. The number of aliphatic hydroxyl groups is 1. The Morgan fingerprint density at radius 1 is 1.16 bits per heavy atom. The van der Waals surface area contributed by atoms with Crippen molar-refractivity contribution in [3.63, 3.8) is 0 Å². The fourth-order valence-electron chi connectivity index (χ4n) is 2.94. The summed E-state index contributed by atoms with van der Waals surface area (Å²) in [5.41, 5.74) is 0.998. The molecule has 1 fully saturated rings. The van der Waals surface area contributed by atoms with Crippen molar-refractivity contribution in [1.82, 2.24) is 0 Å². The number of rotatable bonds is 3. The maximum atomic E-state index is 10.6. The van der Waals surface area contributed by atoms with E-state index in [1.54, 1.807) is 7.11 Å². The highest BCUT2D eigenvalue weighted by atomic mass is 79.9. The lowest BCUT2D eigenvalue weighted by Gasteiger charge is -2.25. The first-order valence-electron chi connectivity index (χ1n) is 7.24. The summed E-state index contributed by atoms with van der Waals surface area (Å²) in [6.07, 6.45) is 8.43. The topological polar surface area (TPSA) is 29.5 Å². The summed E-state index contributed by atoms with van der Waals surface area (Å²) in [5, 5.41) is 10.6. The van der Waals surface area contributed by atoms with Crippen LogP contribution in [-0.2, 0) is 0 Å². The molecule has 0 amide bonds. The zero-order chi connectivity index (χ0) is 13.7. The maximum absolute atomic E-state index is 10.6. The third kappa shape index (κ3) is 3.96. The zero-order valence-corrected chi connectivity index (χ0v) is 13.2. The summed E-state index contributed by atoms with van der Waals surface area (Å²) in [5.74, 6) is 1.22. The first kappa shape index (κ1) is 14.9. The van der Waals surface area contributed by atoms with Crippen LogP contribution in [0.5, 0.6) is 5.75 Å². The smallest absolute Gasteiger partial charge is 0.133 e. The normalized spacial score (nSPS) is 19.5.